The van der Waals surface area contributed by atoms with Crippen LogP contribution in [0.15, 0.2) is 437 Å². The van der Waals surface area contributed by atoms with E-state index in [0.29, 0.717) is 5.95 Å². The van der Waals surface area contributed by atoms with Crippen molar-refractivity contribution in [1.29, 1.82) is 0 Å². The fourth-order valence-electron chi connectivity index (χ4n) is 23.0. The second-order valence-electron chi connectivity index (χ2n) is 35.0. The molecule has 0 fully saturated rings. The Bertz CT molecular complexity index is 9460. The van der Waals surface area contributed by atoms with E-state index in [1.807, 2.05) is 36.8 Å². The molecule has 19 aromatic carbocycles. The number of nitrogens with zero attached hydrogens (tertiary/aromatic N) is 10. The van der Waals surface area contributed by atoms with Crippen LogP contribution in [0, 0.1) is 0 Å². The van der Waals surface area contributed by atoms with Gasteiger partial charge in [0.15, 0.2) is 0 Å². The number of hydrogen-bond donors (Lipinski definition) is 0. The van der Waals surface area contributed by atoms with Gasteiger partial charge in [0.25, 0.3) is 0 Å². The van der Waals surface area contributed by atoms with Crippen molar-refractivity contribution in [3.8, 4) is 113 Å². The summed E-state index contributed by atoms with van der Waals surface area (Å²) in [5, 5.41) is 22.9. The third-order valence-corrected chi connectivity index (χ3v) is 28.3. The highest BCUT2D eigenvalue weighted by Gasteiger charge is 2.33. The largest absolute Gasteiger partial charge is 0.309 e. The lowest BCUT2D eigenvalue weighted by atomic mass is 9.91. The van der Waals surface area contributed by atoms with Crippen LogP contribution >= 0.6 is 0 Å². The van der Waals surface area contributed by atoms with E-state index in [4.69, 9.17) is 9.97 Å². The molecule has 0 saturated carbocycles. The summed E-state index contributed by atoms with van der Waals surface area (Å²) in [6, 6.07) is 152. The Labute approximate surface area is 755 Å². The van der Waals surface area contributed by atoms with Gasteiger partial charge in [-0.1, -0.05) is 261 Å². The molecule has 0 aliphatic heterocycles. The quantitative estimate of drug-likeness (QED) is 0.159. The molecule has 0 unspecified atom stereocenters. The minimum atomic E-state index is 0.687. The summed E-state index contributed by atoms with van der Waals surface area (Å²) in [5.41, 5.74) is 35.0. The van der Waals surface area contributed by atoms with Crippen LogP contribution in [0.2, 0.25) is 0 Å². The molecule has 0 atom stereocenters. The third-order valence-electron chi connectivity index (χ3n) is 28.3. The first-order valence-electron chi connectivity index (χ1n) is 45.2. The Kier molecular flexibility index (Phi) is 15.2. The van der Waals surface area contributed by atoms with Gasteiger partial charge in [0.2, 0.25) is 5.95 Å². The molecular formula is C122H72N10. The summed E-state index contributed by atoms with van der Waals surface area (Å²) >= 11 is 0. The summed E-state index contributed by atoms with van der Waals surface area (Å²) in [6.45, 7) is 0. The molecular weight excluding hydrogens is 1610 g/mol. The van der Waals surface area contributed by atoms with E-state index in [9.17, 15) is 0 Å². The number of hydrogen-bond acceptors (Lipinski definition) is 4. The molecule has 3 aliphatic rings. The van der Waals surface area contributed by atoms with Gasteiger partial charge >= 0.3 is 0 Å². The Balaban J connectivity index is 0.0000000973. The van der Waals surface area contributed by atoms with E-state index in [-0.39, 0.29) is 0 Å². The van der Waals surface area contributed by atoms with E-state index in [1.165, 1.54) is 230 Å². The van der Waals surface area contributed by atoms with Crippen molar-refractivity contribution in [1.82, 2.24) is 47.3 Å². The SMILES string of the molecule is c1ccc(-c2cccc(-n3c4cccc5c4c4c6c(cccc6ccc43)-c3cc4c6ccccc6n(-c6ccccc6)c4cc3-5)n2)cc1.c1ccc(-n2c3ccccc3c3cc4c(cc32)-c2cccc3c2c2c5c-4cccc5ccc2n3-c2ccccn2)cc1.c1ccc(-n2c3ccccc3c3cc4c(cc32)-c2cccc3c2c2c5c-4cccc5ccc2n3-c2ncccn2)cc1. The van der Waals surface area contributed by atoms with Gasteiger partial charge in [0.05, 0.1) is 71.9 Å². The molecule has 9 heterocycles. The fraction of sp³-hybridized carbons (Fsp3) is 0. The van der Waals surface area contributed by atoms with Crippen molar-refractivity contribution in [3.05, 3.63) is 437 Å². The van der Waals surface area contributed by atoms with Crippen LogP contribution in [0.1, 0.15) is 0 Å². The van der Waals surface area contributed by atoms with E-state index in [2.05, 4.69) is 438 Å². The molecule has 0 amide bonds. The Morgan fingerprint density at radius 1 is 0.159 bits per heavy atom. The first-order valence-corrected chi connectivity index (χ1v) is 45.2. The highest BCUT2D eigenvalue weighted by Crippen LogP contribution is 2.57. The maximum Gasteiger partial charge on any atom is 0.234 e. The molecule has 132 heavy (non-hydrogen) atoms. The van der Waals surface area contributed by atoms with Crippen molar-refractivity contribution in [2.75, 3.05) is 0 Å². The van der Waals surface area contributed by atoms with Gasteiger partial charge in [-0.15, -0.1) is 0 Å². The van der Waals surface area contributed by atoms with E-state index < -0.39 is 0 Å². The lowest BCUT2D eigenvalue weighted by Gasteiger charge is -2.15. The molecule has 9 aromatic heterocycles. The Hall–Kier alpha value is -17.9. The normalized spacial score (nSPS) is 12.2. The van der Waals surface area contributed by atoms with Gasteiger partial charge < -0.3 is 13.7 Å². The molecule has 0 N–H and O–H groups in total. The maximum atomic E-state index is 5.25. The van der Waals surface area contributed by atoms with Crippen molar-refractivity contribution in [2.24, 2.45) is 0 Å². The predicted octanol–water partition coefficient (Wildman–Crippen LogP) is 31.3. The van der Waals surface area contributed by atoms with Crippen LogP contribution in [0.5, 0.6) is 0 Å². The first-order chi connectivity index (χ1) is 65.6. The summed E-state index contributed by atoms with van der Waals surface area (Å²) in [5.74, 6) is 2.55. The molecule has 31 rings (SSSR count). The minimum absolute atomic E-state index is 0.687. The Morgan fingerprint density at radius 3 is 0.879 bits per heavy atom. The lowest BCUT2D eigenvalue weighted by Crippen LogP contribution is -2.00. The second kappa shape index (κ2) is 27.8. The zero-order chi connectivity index (χ0) is 86.1. The molecule has 28 aromatic rings. The number of pyridine rings is 2. The summed E-state index contributed by atoms with van der Waals surface area (Å²) in [4.78, 5) is 19.4. The van der Waals surface area contributed by atoms with Gasteiger partial charge in [-0.3, -0.25) is 13.7 Å². The van der Waals surface area contributed by atoms with E-state index >= 15 is 0 Å². The van der Waals surface area contributed by atoms with Gasteiger partial charge in [0, 0.05) is 106 Å². The van der Waals surface area contributed by atoms with Crippen LogP contribution in [-0.4, -0.2) is 47.3 Å². The molecule has 0 spiro atoms. The average molecular weight is 1680 g/mol. The molecule has 10 nitrogen and oxygen atoms in total. The van der Waals surface area contributed by atoms with Crippen LogP contribution in [0.25, 0.3) is 276 Å². The van der Waals surface area contributed by atoms with Gasteiger partial charge in [-0.2, -0.15) is 0 Å². The Morgan fingerprint density at radius 2 is 0.470 bits per heavy atom. The molecule has 0 radical (unpaired) electrons. The average Bonchev–Trinajstić information content (AvgIpc) is 1.54. The highest BCUT2D eigenvalue weighted by molar-refractivity contribution is 6.35. The topological polar surface area (TPSA) is 81.1 Å². The van der Waals surface area contributed by atoms with Gasteiger partial charge in [-0.25, -0.2) is 19.9 Å². The number of aromatic nitrogens is 10. The minimum Gasteiger partial charge on any atom is -0.309 e. The number of benzene rings is 19. The number of rotatable bonds is 7. The second-order valence-corrected chi connectivity index (χ2v) is 35.0. The fourth-order valence-corrected chi connectivity index (χ4v) is 23.0. The van der Waals surface area contributed by atoms with Gasteiger partial charge in [0.1, 0.15) is 11.6 Å². The number of para-hydroxylation sites is 6. The zero-order valence-corrected chi connectivity index (χ0v) is 71.0. The lowest BCUT2D eigenvalue weighted by molar-refractivity contribution is 0.989. The van der Waals surface area contributed by atoms with E-state index in [0.717, 1.165) is 39.6 Å². The highest BCUT2D eigenvalue weighted by atomic mass is 15.2. The van der Waals surface area contributed by atoms with Crippen LogP contribution in [0.4, 0.5) is 0 Å². The summed E-state index contributed by atoms with van der Waals surface area (Å²) < 4.78 is 14.1. The third kappa shape index (κ3) is 10.2. The van der Waals surface area contributed by atoms with Crippen molar-refractivity contribution < 1.29 is 0 Å². The standard InChI is InChI=1S/C45H27N3.C39H23N3.C38H22N4/c1-3-12-28(13-4-1)37-20-11-23-42(46-37)48-39-22-10-19-33-35-27-41-36(31-17-7-8-21-38(31)47(41)30-15-5-2-6-16-30)26-34(35)32-18-9-14-29-24-25-40(48)45(43(29)32)44(33)39;1-2-11-25(12-3-1)41-32-16-5-4-13-26(32)31-22-29-27-14-8-10-24-19-20-34-39(37(24)27)38-28(30(29)23-35(31)41)15-9-17-33(38)42(34)36-18-6-7-21-40-36;1-2-10-24(11-3-1)41-31-15-5-4-12-25(31)30-21-28-26-13-6-9-23-17-18-33-37(35(23)26)36-27(29(28)22-34(30)41)14-7-16-32(36)42(33)38-39-19-8-20-40-38/h1-27H;1-23H;1-22H. The molecule has 0 saturated heterocycles. The maximum absolute atomic E-state index is 5.25. The summed E-state index contributed by atoms with van der Waals surface area (Å²) in [6.07, 6.45) is 5.51. The number of fused-ring (bicyclic) bond motifs is 18. The molecule has 610 valence electrons. The van der Waals surface area contributed by atoms with Crippen LogP contribution in [0.3, 0.4) is 0 Å². The zero-order valence-electron chi connectivity index (χ0n) is 71.0. The van der Waals surface area contributed by atoms with Crippen molar-refractivity contribution in [2.45, 2.75) is 0 Å². The smallest absolute Gasteiger partial charge is 0.234 e. The van der Waals surface area contributed by atoms with Crippen molar-refractivity contribution >= 4 is 163 Å². The summed E-state index contributed by atoms with van der Waals surface area (Å²) in [7, 11) is 0. The predicted molar refractivity (Wildman–Crippen MR) is 548 cm³/mol. The van der Waals surface area contributed by atoms with E-state index in [1.54, 1.807) is 0 Å². The molecule has 10 heteroatoms. The monoisotopic (exact) mass is 1680 g/mol. The first kappa shape index (κ1) is 72.3. The molecule has 0 bridgehead atoms. The van der Waals surface area contributed by atoms with Crippen molar-refractivity contribution in [3.63, 3.8) is 0 Å². The van der Waals surface area contributed by atoms with Gasteiger partial charge in [-0.05, 0) is 257 Å². The van der Waals surface area contributed by atoms with Crippen LogP contribution < -0.4 is 0 Å². The molecule has 3 aliphatic carbocycles. The van der Waals surface area contributed by atoms with Crippen LogP contribution in [-0.2, 0) is 0 Å².